The molecule has 0 aliphatic carbocycles. The first kappa shape index (κ1) is 15.5. The summed E-state index contributed by atoms with van der Waals surface area (Å²) in [6.07, 6.45) is 2.46. The highest BCUT2D eigenvalue weighted by atomic mass is 35.5. The van der Waals surface area contributed by atoms with Gasteiger partial charge in [-0.2, -0.15) is 0 Å². The van der Waals surface area contributed by atoms with Gasteiger partial charge in [0.1, 0.15) is 0 Å². The van der Waals surface area contributed by atoms with E-state index in [1.165, 1.54) is 0 Å². The minimum atomic E-state index is -0.144. The van der Waals surface area contributed by atoms with Crippen LogP contribution in [-0.2, 0) is 4.74 Å². The topological polar surface area (TPSA) is 27.7 Å². The molecule has 112 valence electrons. The van der Waals surface area contributed by atoms with Crippen molar-refractivity contribution in [1.29, 1.82) is 0 Å². The van der Waals surface area contributed by atoms with Crippen LogP contribution in [-0.4, -0.2) is 25.4 Å². The molecule has 1 saturated heterocycles. The van der Waals surface area contributed by atoms with Crippen molar-refractivity contribution in [3.8, 4) is 11.5 Å². The van der Waals surface area contributed by atoms with E-state index in [-0.39, 0.29) is 11.5 Å². The van der Waals surface area contributed by atoms with Gasteiger partial charge < -0.3 is 14.2 Å². The third-order valence-corrected chi connectivity index (χ3v) is 4.01. The summed E-state index contributed by atoms with van der Waals surface area (Å²) in [5.74, 6) is 1.52. The Bertz CT molecular complexity index is 436. The molecule has 1 aliphatic heterocycles. The Morgan fingerprint density at radius 3 is 2.50 bits per heavy atom. The lowest BCUT2D eigenvalue weighted by Gasteiger charge is -2.19. The molecule has 0 aromatic heterocycles. The molecule has 1 aliphatic rings. The van der Waals surface area contributed by atoms with Crippen LogP contribution in [0.25, 0.3) is 0 Å². The molecule has 4 heteroatoms. The number of rotatable bonds is 6. The monoisotopic (exact) mass is 298 g/mol. The van der Waals surface area contributed by atoms with E-state index in [2.05, 4.69) is 6.92 Å². The summed E-state index contributed by atoms with van der Waals surface area (Å²) in [4.78, 5) is 0. The summed E-state index contributed by atoms with van der Waals surface area (Å²) in [6, 6.07) is 5.90. The molecule has 2 rings (SSSR count). The van der Waals surface area contributed by atoms with Gasteiger partial charge in [0, 0.05) is 0 Å². The number of hydrogen-bond acceptors (Lipinski definition) is 3. The SMILES string of the molecule is CCOc1ccc(C(Cl)C2CCC(C)O2)cc1OCC. The first-order valence-electron chi connectivity index (χ1n) is 7.34. The van der Waals surface area contributed by atoms with Gasteiger partial charge in [-0.15, -0.1) is 11.6 Å². The Hall–Kier alpha value is -0.930. The van der Waals surface area contributed by atoms with Crippen LogP contribution in [0.4, 0.5) is 0 Å². The average molecular weight is 299 g/mol. The zero-order valence-corrected chi connectivity index (χ0v) is 13.2. The van der Waals surface area contributed by atoms with Gasteiger partial charge in [0.15, 0.2) is 11.5 Å². The zero-order valence-electron chi connectivity index (χ0n) is 12.4. The summed E-state index contributed by atoms with van der Waals surface area (Å²) in [5, 5.41) is -0.144. The van der Waals surface area contributed by atoms with Crippen LogP contribution in [0.5, 0.6) is 11.5 Å². The smallest absolute Gasteiger partial charge is 0.161 e. The summed E-state index contributed by atoms with van der Waals surface area (Å²) in [5.41, 5.74) is 1.03. The minimum absolute atomic E-state index is 0.0825. The van der Waals surface area contributed by atoms with Gasteiger partial charge >= 0.3 is 0 Å². The van der Waals surface area contributed by atoms with Gasteiger partial charge in [0.2, 0.25) is 0 Å². The molecule has 1 aromatic carbocycles. The van der Waals surface area contributed by atoms with Crippen LogP contribution in [0.3, 0.4) is 0 Å². The Labute approximate surface area is 126 Å². The molecular formula is C16H23ClO3. The van der Waals surface area contributed by atoms with Gasteiger partial charge in [-0.25, -0.2) is 0 Å². The molecule has 3 atom stereocenters. The molecule has 1 heterocycles. The predicted molar refractivity (Wildman–Crippen MR) is 80.9 cm³/mol. The molecule has 0 bridgehead atoms. The number of alkyl halides is 1. The largest absolute Gasteiger partial charge is 0.490 e. The first-order valence-corrected chi connectivity index (χ1v) is 7.78. The second kappa shape index (κ2) is 7.19. The summed E-state index contributed by atoms with van der Waals surface area (Å²) in [6.45, 7) is 7.23. The van der Waals surface area contributed by atoms with Crippen LogP contribution in [0.15, 0.2) is 18.2 Å². The lowest BCUT2D eigenvalue weighted by molar-refractivity contribution is 0.0533. The lowest BCUT2D eigenvalue weighted by Crippen LogP contribution is -2.15. The molecule has 1 fully saturated rings. The van der Waals surface area contributed by atoms with E-state index < -0.39 is 0 Å². The summed E-state index contributed by atoms with van der Waals surface area (Å²) >= 11 is 6.56. The molecule has 1 aromatic rings. The lowest BCUT2D eigenvalue weighted by atomic mass is 10.0. The first-order chi connectivity index (χ1) is 9.65. The van der Waals surface area contributed by atoms with Gasteiger partial charge in [-0.3, -0.25) is 0 Å². The molecule has 0 radical (unpaired) electrons. The molecule has 0 spiro atoms. The highest BCUT2D eigenvalue weighted by Crippen LogP contribution is 2.38. The maximum Gasteiger partial charge on any atom is 0.161 e. The van der Waals surface area contributed by atoms with Crippen molar-refractivity contribution in [3.63, 3.8) is 0 Å². The van der Waals surface area contributed by atoms with Crippen LogP contribution in [0.2, 0.25) is 0 Å². The fourth-order valence-electron chi connectivity index (χ4n) is 2.50. The predicted octanol–water partition coefficient (Wildman–Crippen LogP) is 4.33. The van der Waals surface area contributed by atoms with E-state index in [1.807, 2.05) is 32.0 Å². The van der Waals surface area contributed by atoms with Gasteiger partial charge in [-0.05, 0) is 51.3 Å². The third kappa shape index (κ3) is 3.58. The Balaban J connectivity index is 2.16. The summed E-state index contributed by atoms with van der Waals surface area (Å²) < 4.78 is 17.1. The maximum atomic E-state index is 6.56. The molecule has 3 unspecified atom stereocenters. The second-order valence-corrected chi connectivity index (χ2v) is 5.51. The number of hydrogen-bond donors (Lipinski definition) is 0. The Morgan fingerprint density at radius 2 is 1.90 bits per heavy atom. The van der Waals surface area contributed by atoms with E-state index in [0.717, 1.165) is 29.9 Å². The molecule has 3 nitrogen and oxygen atoms in total. The van der Waals surface area contributed by atoms with Gasteiger partial charge in [0.25, 0.3) is 0 Å². The highest BCUT2D eigenvalue weighted by Gasteiger charge is 2.29. The van der Waals surface area contributed by atoms with E-state index in [4.69, 9.17) is 25.8 Å². The van der Waals surface area contributed by atoms with Crippen LogP contribution in [0.1, 0.15) is 44.6 Å². The molecule has 0 amide bonds. The van der Waals surface area contributed by atoms with Crippen molar-refractivity contribution in [2.45, 2.75) is 51.2 Å². The normalized spacial score (nSPS) is 23.6. The van der Waals surface area contributed by atoms with Crippen molar-refractivity contribution in [2.75, 3.05) is 13.2 Å². The molecule has 20 heavy (non-hydrogen) atoms. The Kier molecular flexibility index (Phi) is 5.55. The second-order valence-electron chi connectivity index (χ2n) is 5.04. The Morgan fingerprint density at radius 1 is 1.20 bits per heavy atom. The summed E-state index contributed by atoms with van der Waals surface area (Å²) in [7, 11) is 0. The number of benzene rings is 1. The van der Waals surface area contributed by atoms with Crippen LogP contribution >= 0.6 is 11.6 Å². The molecule has 0 saturated carbocycles. The van der Waals surface area contributed by atoms with Crippen molar-refractivity contribution in [2.24, 2.45) is 0 Å². The average Bonchev–Trinajstić information content (AvgIpc) is 2.87. The van der Waals surface area contributed by atoms with Gasteiger partial charge in [0.05, 0.1) is 30.8 Å². The standard InChI is InChI=1S/C16H23ClO3/c1-4-18-13-9-7-12(10-15(13)19-5-2)16(17)14-8-6-11(3)20-14/h7,9-11,14,16H,4-6,8H2,1-3H3. The van der Waals surface area contributed by atoms with E-state index in [9.17, 15) is 0 Å². The zero-order chi connectivity index (χ0) is 14.5. The fraction of sp³-hybridized carbons (Fsp3) is 0.625. The van der Waals surface area contributed by atoms with E-state index in [0.29, 0.717) is 19.3 Å². The van der Waals surface area contributed by atoms with Crippen LogP contribution < -0.4 is 9.47 Å². The molecular weight excluding hydrogens is 276 g/mol. The highest BCUT2D eigenvalue weighted by molar-refractivity contribution is 6.21. The number of halogens is 1. The fourth-order valence-corrected chi connectivity index (χ4v) is 2.82. The van der Waals surface area contributed by atoms with Crippen molar-refractivity contribution in [1.82, 2.24) is 0 Å². The van der Waals surface area contributed by atoms with Crippen molar-refractivity contribution >= 4 is 11.6 Å². The van der Waals surface area contributed by atoms with E-state index in [1.54, 1.807) is 0 Å². The van der Waals surface area contributed by atoms with E-state index >= 15 is 0 Å². The quantitative estimate of drug-likeness (QED) is 0.732. The molecule has 0 N–H and O–H groups in total. The van der Waals surface area contributed by atoms with Gasteiger partial charge in [-0.1, -0.05) is 6.07 Å². The maximum absolute atomic E-state index is 6.56. The van der Waals surface area contributed by atoms with Crippen LogP contribution in [0, 0.1) is 0 Å². The number of ether oxygens (including phenoxy) is 3. The third-order valence-electron chi connectivity index (χ3n) is 3.48. The van der Waals surface area contributed by atoms with Crippen molar-refractivity contribution < 1.29 is 14.2 Å². The van der Waals surface area contributed by atoms with Crippen molar-refractivity contribution in [3.05, 3.63) is 23.8 Å². The minimum Gasteiger partial charge on any atom is -0.490 e.